The molecule has 1 aromatic rings. The van der Waals surface area contributed by atoms with Crippen molar-refractivity contribution in [2.24, 2.45) is 5.73 Å². The minimum atomic E-state index is -0.432. The lowest BCUT2D eigenvalue weighted by molar-refractivity contribution is 0.1000. The number of methoxy groups -OCH3 is 1. The predicted octanol–water partition coefficient (Wildman–Crippen LogP) is 1.52. The highest BCUT2D eigenvalue weighted by atomic mass is 16.5. The van der Waals surface area contributed by atoms with Gasteiger partial charge in [0, 0.05) is 5.56 Å². The van der Waals surface area contributed by atoms with E-state index in [1.54, 1.807) is 31.4 Å². The molecule has 0 saturated heterocycles. The van der Waals surface area contributed by atoms with E-state index in [0.717, 1.165) is 11.3 Å². The molecular weight excluding hydrogens is 178 g/mol. The van der Waals surface area contributed by atoms with Crippen LogP contribution in [0.2, 0.25) is 0 Å². The number of allylic oxidation sites excluding steroid dienone is 1. The molecular formula is C11H13NO2. The summed E-state index contributed by atoms with van der Waals surface area (Å²) in [5, 5.41) is 0. The van der Waals surface area contributed by atoms with Gasteiger partial charge in [0.25, 0.3) is 0 Å². The van der Waals surface area contributed by atoms with Gasteiger partial charge < -0.3 is 10.5 Å². The molecule has 0 aliphatic heterocycles. The molecule has 2 N–H and O–H groups in total. The van der Waals surface area contributed by atoms with Crippen LogP contribution >= 0.6 is 0 Å². The number of rotatable bonds is 4. The number of hydrogen-bond acceptors (Lipinski definition) is 2. The summed E-state index contributed by atoms with van der Waals surface area (Å²) in [6.07, 6.45) is 2.41. The first kappa shape index (κ1) is 10.3. The first-order valence-corrected chi connectivity index (χ1v) is 4.26. The zero-order valence-corrected chi connectivity index (χ0v) is 8.12. The van der Waals surface area contributed by atoms with Crippen molar-refractivity contribution in [3.63, 3.8) is 0 Å². The molecule has 1 aromatic carbocycles. The van der Waals surface area contributed by atoms with E-state index < -0.39 is 5.91 Å². The minimum Gasteiger partial charge on any atom is -0.496 e. The Morgan fingerprint density at radius 3 is 2.86 bits per heavy atom. The topological polar surface area (TPSA) is 52.3 Å². The van der Waals surface area contributed by atoms with Gasteiger partial charge in [0.1, 0.15) is 5.75 Å². The molecule has 0 aliphatic carbocycles. The molecule has 0 fully saturated rings. The summed E-state index contributed by atoms with van der Waals surface area (Å²) >= 11 is 0. The molecule has 0 spiro atoms. The van der Waals surface area contributed by atoms with Crippen molar-refractivity contribution in [1.29, 1.82) is 0 Å². The second kappa shape index (κ2) is 4.46. The van der Waals surface area contributed by atoms with Gasteiger partial charge in [-0.2, -0.15) is 0 Å². The van der Waals surface area contributed by atoms with Crippen molar-refractivity contribution in [1.82, 2.24) is 0 Å². The molecule has 0 unspecified atom stereocenters. The van der Waals surface area contributed by atoms with E-state index in [4.69, 9.17) is 10.5 Å². The zero-order valence-electron chi connectivity index (χ0n) is 8.12. The third-order valence-electron chi connectivity index (χ3n) is 1.93. The SMILES string of the molecule is C=CCc1cc(C(N)=O)ccc1OC. The van der Waals surface area contributed by atoms with Crippen LogP contribution < -0.4 is 10.5 Å². The Morgan fingerprint density at radius 1 is 1.64 bits per heavy atom. The van der Waals surface area contributed by atoms with Gasteiger partial charge in [0.05, 0.1) is 7.11 Å². The van der Waals surface area contributed by atoms with Crippen LogP contribution in [0.3, 0.4) is 0 Å². The summed E-state index contributed by atoms with van der Waals surface area (Å²) in [6.45, 7) is 3.63. The first-order chi connectivity index (χ1) is 6.69. The molecule has 0 saturated carbocycles. The lowest BCUT2D eigenvalue weighted by atomic mass is 10.1. The summed E-state index contributed by atoms with van der Waals surface area (Å²) in [7, 11) is 1.59. The van der Waals surface area contributed by atoms with Gasteiger partial charge in [-0.05, 0) is 30.2 Å². The highest BCUT2D eigenvalue weighted by molar-refractivity contribution is 5.93. The van der Waals surface area contributed by atoms with Gasteiger partial charge in [0.2, 0.25) is 5.91 Å². The number of benzene rings is 1. The number of primary amides is 1. The van der Waals surface area contributed by atoms with Crippen LogP contribution in [0.5, 0.6) is 5.75 Å². The molecule has 1 amide bonds. The highest BCUT2D eigenvalue weighted by Gasteiger charge is 2.05. The third kappa shape index (κ3) is 2.13. The van der Waals surface area contributed by atoms with Gasteiger partial charge in [-0.1, -0.05) is 6.08 Å². The number of ether oxygens (including phenoxy) is 1. The Morgan fingerprint density at radius 2 is 2.36 bits per heavy atom. The molecule has 0 bridgehead atoms. The number of nitrogens with two attached hydrogens (primary N) is 1. The van der Waals surface area contributed by atoms with Gasteiger partial charge >= 0.3 is 0 Å². The van der Waals surface area contributed by atoms with Gasteiger partial charge in [0.15, 0.2) is 0 Å². The highest BCUT2D eigenvalue weighted by Crippen LogP contribution is 2.20. The summed E-state index contributed by atoms with van der Waals surface area (Å²) in [6, 6.07) is 5.11. The fourth-order valence-electron chi connectivity index (χ4n) is 1.25. The van der Waals surface area contributed by atoms with Crippen molar-refractivity contribution >= 4 is 5.91 Å². The molecule has 0 aliphatic rings. The number of carbonyl (C=O) groups excluding carboxylic acids is 1. The van der Waals surface area contributed by atoms with Crippen LogP contribution in [0.25, 0.3) is 0 Å². The van der Waals surface area contributed by atoms with Crippen LogP contribution in [0.1, 0.15) is 15.9 Å². The summed E-state index contributed by atoms with van der Waals surface area (Å²) in [4.78, 5) is 10.9. The lowest BCUT2D eigenvalue weighted by Crippen LogP contribution is -2.11. The summed E-state index contributed by atoms with van der Waals surface area (Å²) < 4.78 is 5.13. The van der Waals surface area contributed by atoms with Gasteiger partial charge in [-0.3, -0.25) is 4.79 Å². The maximum atomic E-state index is 10.9. The van der Waals surface area contributed by atoms with Crippen molar-refractivity contribution in [3.05, 3.63) is 42.0 Å². The smallest absolute Gasteiger partial charge is 0.248 e. The summed E-state index contributed by atoms with van der Waals surface area (Å²) in [5.41, 5.74) is 6.57. The number of hydrogen-bond donors (Lipinski definition) is 1. The van der Waals surface area contributed by atoms with Gasteiger partial charge in [-0.25, -0.2) is 0 Å². The molecule has 0 radical (unpaired) electrons. The Hall–Kier alpha value is -1.77. The monoisotopic (exact) mass is 191 g/mol. The van der Waals surface area contributed by atoms with Crippen LogP contribution in [0.4, 0.5) is 0 Å². The Labute approximate surface area is 83.2 Å². The van der Waals surface area contributed by atoms with E-state index in [0.29, 0.717) is 12.0 Å². The average molecular weight is 191 g/mol. The van der Waals surface area contributed by atoms with E-state index in [9.17, 15) is 4.79 Å². The van der Waals surface area contributed by atoms with Crippen molar-refractivity contribution in [3.8, 4) is 5.75 Å². The van der Waals surface area contributed by atoms with E-state index in [1.807, 2.05) is 0 Å². The average Bonchev–Trinajstić information content (AvgIpc) is 2.18. The Balaban J connectivity index is 3.13. The molecule has 1 rings (SSSR count). The standard InChI is InChI=1S/C11H13NO2/c1-3-4-8-7-9(11(12)13)5-6-10(8)14-2/h3,5-7H,1,4H2,2H3,(H2,12,13). The van der Waals surface area contributed by atoms with Gasteiger partial charge in [-0.15, -0.1) is 6.58 Å². The maximum absolute atomic E-state index is 10.9. The van der Waals surface area contributed by atoms with Crippen molar-refractivity contribution in [2.75, 3.05) is 7.11 Å². The molecule has 0 heterocycles. The summed E-state index contributed by atoms with van der Waals surface area (Å²) in [5.74, 6) is 0.313. The Kier molecular flexibility index (Phi) is 3.29. The van der Waals surface area contributed by atoms with Crippen LogP contribution in [-0.4, -0.2) is 13.0 Å². The third-order valence-corrected chi connectivity index (χ3v) is 1.93. The quantitative estimate of drug-likeness (QED) is 0.733. The van der Waals surface area contributed by atoms with Crippen molar-refractivity contribution in [2.45, 2.75) is 6.42 Å². The largest absolute Gasteiger partial charge is 0.496 e. The second-order valence-electron chi connectivity index (χ2n) is 2.88. The van der Waals surface area contributed by atoms with E-state index >= 15 is 0 Å². The van der Waals surface area contributed by atoms with E-state index in [-0.39, 0.29) is 0 Å². The molecule has 14 heavy (non-hydrogen) atoms. The first-order valence-electron chi connectivity index (χ1n) is 4.26. The van der Waals surface area contributed by atoms with Crippen LogP contribution in [0.15, 0.2) is 30.9 Å². The molecule has 74 valence electrons. The molecule has 3 nitrogen and oxygen atoms in total. The maximum Gasteiger partial charge on any atom is 0.248 e. The normalized spacial score (nSPS) is 9.50. The number of amides is 1. The minimum absolute atomic E-state index is 0.432. The van der Waals surface area contributed by atoms with Crippen LogP contribution in [0, 0.1) is 0 Å². The number of carbonyl (C=O) groups is 1. The Bertz CT molecular complexity index is 358. The van der Waals surface area contributed by atoms with Crippen molar-refractivity contribution < 1.29 is 9.53 Å². The molecule has 0 aromatic heterocycles. The molecule has 0 atom stereocenters. The van der Waals surface area contributed by atoms with E-state index in [2.05, 4.69) is 6.58 Å². The fourth-order valence-corrected chi connectivity index (χ4v) is 1.25. The second-order valence-corrected chi connectivity index (χ2v) is 2.88. The van der Waals surface area contributed by atoms with E-state index in [1.165, 1.54) is 0 Å². The predicted molar refractivity (Wildman–Crippen MR) is 55.4 cm³/mol. The van der Waals surface area contributed by atoms with Crippen LogP contribution in [-0.2, 0) is 6.42 Å². The zero-order chi connectivity index (χ0) is 10.6. The molecule has 3 heteroatoms. The lowest BCUT2D eigenvalue weighted by Gasteiger charge is -2.07. The fraction of sp³-hybridized carbons (Fsp3) is 0.182.